The highest BCUT2D eigenvalue weighted by molar-refractivity contribution is 5.85. The van der Waals surface area contributed by atoms with Crippen molar-refractivity contribution in [3.05, 3.63) is 53.6 Å². The van der Waals surface area contributed by atoms with Crippen LogP contribution in [0.2, 0.25) is 0 Å². The molecule has 2 aromatic carbocycles. The summed E-state index contributed by atoms with van der Waals surface area (Å²) in [6, 6.07) is 14.4. The molecule has 1 amide bonds. The fraction of sp³-hybridized carbons (Fsp3) is 0.333. The van der Waals surface area contributed by atoms with Crippen LogP contribution >= 0.6 is 24.8 Å². The number of carbonyl (C=O) groups is 1. The van der Waals surface area contributed by atoms with Gasteiger partial charge in [-0.1, -0.05) is 24.3 Å². The zero-order valence-corrected chi connectivity index (χ0v) is 18.0. The van der Waals surface area contributed by atoms with Gasteiger partial charge in [-0.25, -0.2) is 0 Å². The van der Waals surface area contributed by atoms with Crippen molar-refractivity contribution in [1.29, 1.82) is 0 Å². The first-order chi connectivity index (χ1) is 13.1. The Morgan fingerprint density at radius 1 is 1.10 bits per heavy atom. The Kier molecular flexibility index (Phi) is 7.76. The molecule has 1 saturated heterocycles. The third kappa shape index (κ3) is 5.14. The molecule has 1 aromatic heterocycles. The maximum Gasteiger partial charge on any atom is 0.298 e. The highest BCUT2D eigenvalue weighted by Gasteiger charge is 2.24. The van der Waals surface area contributed by atoms with Gasteiger partial charge in [0.2, 0.25) is 5.91 Å². The fourth-order valence-electron chi connectivity index (χ4n) is 3.47. The van der Waals surface area contributed by atoms with E-state index in [0.29, 0.717) is 31.9 Å². The lowest BCUT2D eigenvalue weighted by molar-refractivity contribution is -0.131. The molecule has 6 nitrogen and oxygen atoms in total. The molecule has 2 heterocycles. The number of halogens is 2. The van der Waals surface area contributed by atoms with Crippen molar-refractivity contribution in [3.8, 4) is 0 Å². The van der Waals surface area contributed by atoms with E-state index in [2.05, 4.69) is 9.88 Å². The third-order valence-corrected chi connectivity index (χ3v) is 5.10. The molecule has 2 N–H and O–H groups in total. The molecule has 0 unspecified atom stereocenters. The lowest BCUT2D eigenvalue weighted by atomic mass is 10.1. The maximum absolute atomic E-state index is 12.5. The van der Waals surface area contributed by atoms with Crippen molar-refractivity contribution in [2.75, 3.05) is 36.8 Å². The van der Waals surface area contributed by atoms with Gasteiger partial charge in [-0.15, -0.1) is 24.8 Å². The molecule has 3 aromatic rings. The smallest absolute Gasteiger partial charge is 0.298 e. The number of oxazole rings is 1. The van der Waals surface area contributed by atoms with Gasteiger partial charge in [-0.3, -0.25) is 4.79 Å². The van der Waals surface area contributed by atoms with Gasteiger partial charge in [0.25, 0.3) is 6.01 Å². The Hall–Kier alpha value is -2.44. The number of nitrogen functional groups attached to an aromatic ring is 1. The van der Waals surface area contributed by atoms with E-state index in [9.17, 15) is 4.79 Å². The summed E-state index contributed by atoms with van der Waals surface area (Å²) in [7, 11) is 0. The SMILES string of the molecule is Cc1ccc2oc(N3CCN(C(=O)CCc4ccccc4N)CC3)nc2c1.Cl.Cl. The van der Waals surface area contributed by atoms with Crippen molar-refractivity contribution in [3.63, 3.8) is 0 Å². The first-order valence-corrected chi connectivity index (χ1v) is 9.33. The molecular formula is C21H26Cl2N4O2. The van der Waals surface area contributed by atoms with Gasteiger partial charge >= 0.3 is 0 Å². The lowest BCUT2D eigenvalue weighted by Gasteiger charge is -2.33. The summed E-state index contributed by atoms with van der Waals surface area (Å²) in [5.74, 6) is 0.172. The predicted molar refractivity (Wildman–Crippen MR) is 121 cm³/mol. The van der Waals surface area contributed by atoms with E-state index in [1.54, 1.807) is 0 Å². The normalized spacial score (nSPS) is 13.7. The molecule has 156 valence electrons. The first kappa shape index (κ1) is 22.8. The van der Waals surface area contributed by atoms with Gasteiger partial charge in [-0.2, -0.15) is 4.98 Å². The van der Waals surface area contributed by atoms with Crippen LogP contribution in [0.1, 0.15) is 17.5 Å². The molecule has 8 heteroatoms. The molecule has 0 saturated carbocycles. The molecule has 29 heavy (non-hydrogen) atoms. The number of para-hydroxylation sites is 1. The Bertz CT molecular complexity index is 968. The Labute approximate surface area is 182 Å². The minimum absolute atomic E-state index is 0. The second-order valence-electron chi connectivity index (χ2n) is 7.03. The molecule has 4 rings (SSSR count). The van der Waals surface area contributed by atoms with Crippen molar-refractivity contribution in [2.45, 2.75) is 19.8 Å². The van der Waals surface area contributed by atoms with Gasteiger partial charge in [-0.05, 0) is 42.7 Å². The molecule has 0 radical (unpaired) electrons. The third-order valence-electron chi connectivity index (χ3n) is 5.10. The number of benzene rings is 2. The molecule has 0 bridgehead atoms. The topological polar surface area (TPSA) is 75.6 Å². The number of hydrogen-bond acceptors (Lipinski definition) is 5. The summed E-state index contributed by atoms with van der Waals surface area (Å²) in [6.07, 6.45) is 1.16. The summed E-state index contributed by atoms with van der Waals surface area (Å²) < 4.78 is 5.87. The van der Waals surface area contributed by atoms with Crippen LogP contribution < -0.4 is 10.6 Å². The van der Waals surface area contributed by atoms with E-state index in [4.69, 9.17) is 10.2 Å². The summed E-state index contributed by atoms with van der Waals surface area (Å²) in [4.78, 5) is 21.2. The molecule has 0 atom stereocenters. The van der Waals surface area contributed by atoms with Gasteiger partial charge < -0.3 is 20.0 Å². The molecule has 0 spiro atoms. The Balaban J connectivity index is 0.00000150. The highest BCUT2D eigenvalue weighted by atomic mass is 35.5. The standard InChI is InChI=1S/C21H24N4O2.2ClH/c1-15-6-8-19-18(14-15)23-21(27-19)25-12-10-24(11-13-25)20(26)9-7-16-4-2-3-5-17(16)22;;/h2-6,8,14H,7,9-13,22H2,1H3;2*1H. The largest absolute Gasteiger partial charge is 0.423 e. The molecule has 1 fully saturated rings. The summed E-state index contributed by atoms with van der Waals surface area (Å²) in [5, 5.41) is 0. The number of amides is 1. The molecule has 1 aliphatic rings. The zero-order chi connectivity index (χ0) is 18.8. The number of piperazine rings is 1. The van der Waals surface area contributed by atoms with Crippen molar-refractivity contribution >= 4 is 53.5 Å². The number of nitrogens with two attached hydrogens (primary N) is 1. The monoisotopic (exact) mass is 436 g/mol. The minimum atomic E-state index is 0. The molecule has 1 aliphatic heterocycles. The van der Waals surface area contributed by atoms with Crippen LogP contribution in [0.15, 0.2) is 46.9 Å². The average molecular weight is 437 g/mol. The van der Waals surface area contributed by atoms with Crippen LogP contribution in [-0.2, 0) is 11.2 Å². The van der Waals surface area contributed by atoms with Gasteiger partial charge in [0.1, 0.15) is 5.52 Å². The number of aromatic nitrogens is 1. The van der Waals surface area contributed by atoms with E-state index in [-0.39, 0.29) is 30.7 Å². The number of nitrogens with zero attached hydrogens (tertiary/aromatic N) is 3. The van der Waals surface area contributed by atoms with Crippen molar-refractivity contribution in [1.82, 2.24) is 9.88 Å². The number of carbonyl (C=O) groups excluding carboxylic acids is 1. The fourth-order valence-corrected chi connectivity index (χ4v) is 3.47. The second-order valence-corrected chi connectivity index (χ2v) is 7.03. The number of anilines is 2. The number of hydrogen-bond donors (Lipinski definition) is 1. The summed E-state index contributed by atoms with van der Waals surface area (Å²) >= 11 is 0. The van der Waals surface area contributed by atoms with E-state index < -0.39 is 0 Å². The van der Waals surface area contributed by atoms with E-state index in [1.165, 1.54) is 0 Å². The second kappa shape index (κ2) is 9.85. The van der Waals surface area contributed by atoms with Crippen molar-refractivity contribution in [2.24, 2.45) is 0 Å². The summed E-state index contributed by atoms with van der Waals surface area (Å²) in [5.41, 5.74) is 10.6. The summed E-state index contributed by atoms with van der Waals surface area (Å²) in [6.45, 7) is 4.86. The van der Waals surface area contributed by atoms with E-state index >= 15 is 0 Å². The van der Waals surface area contributed by atoms with Gasteiger partial charge in [0.05, 0.1) is 0 Å². The highest BCUT2D eigenvalue weighted by Crippen LogP contribution is 2.24. The van der Waals surface area contributed by atoms with Crippen LogP contribution in [-0.4, -0.2) is 42.0 Å². The van der Waals surface area contributed by atoms with Crippen LogP contribution in [0, 0.1) is 6.92 Å². The minimum Gasteiger partial charge on any atom is -0.423 e. The molecular weight excluding hydrogens is 411 g/mol. The number of fused-ring (bicyclic) bond motifs is 1. The van der Waals surface area contributed by atoms with Gasteiger partial charge in [0.15, 0.2) is 5.58 Å². The van der Waals surface area contributed by atoms with Crippen LogP contribution in [0.5, 0.6) is 0 Å². The average Bonchev–Trinajstić information content (AvgIpc) is 3.10. The molecule has 0 aliphatic carbocycles. The van der Waals surface area contributed by atoms with Crippen LogP contribution in [0.3, 0.4) is 0 Å². The van der Waals surface area contributed by atoms with Crippen LogP contribution in [0.25, 0.3) is 11.1 Å². The predicted octanol–water partition coefficient (Wildman–Crippen LogP) is 3.84. The quantitative estimate of drug-likeness (QED) is 0.628. The van der Waals surface area contributed by atoms with E-state index in [0.717, 1.165) is 41.0 Å². The zero-order valence-electron chi connectivity index (χ0n) is 16.3. The maximum atomic E-state index is 12.5. The Morgan fingerprint density at radius 2 is 1.83 bits per heavy atom. The Morgan fingerprint density at radius 3 is 2.55 bits per heavy atom. The van der Waals surface area contributed by atoms with Gasteiger partial charge in [0, 0.05) is 38.3 Å². The first-order valence-electron chi connectivity index (χ1n) is 9.33. The van der Waals surface area contributed by atoms with Crippen molar-refractivity contribution < 1.29 is 9.21 Å². The van der Waals surface area contributed by atoms with E-state index in [1.807, 2.05) is 54.3 Å². The number of aryl methyl sites for hydroxylation is 2. The van der Waals surface area contributed by atoms with Crippen LogP contribution in [0.4, 0.5) is 11.7 Å². The number of rotatable bonds is 4. The lowest BCUT2D eigenvalue weighted by Crippen LogP contribution is -2.49.